The van der Waals surface area contributed by atoms with E-state index in [1.54, 1.807) is 6.08 Å². The Morgan fingerprint density at radius 2 is 1.67 bits per heavy atom. The van der Waals surface area contributed by atoms with Crippen LogP contribution in [0.2, 0.25) is 0 Å². The quantitative estimate of drug-likeness (QED) is 0.672. The average Bonchev–Trinajstić information content (AvgIpc) is 2.79. The maximum Gasteiger partial charge on any atom is 0.146 e. The molecule has 1 fully saturated rings. The van der Waals surface area contributed by atoms with Crippen molar-refractivity contribution in [2.24, 2.45) is 10.8 Å². The van der Waals surface area contributed by atoms with Crippen molar-refractivity contribution in [2.75, 3.05) is 16.8 Å². The molecule has 0 bridgehead atoms. The van der Waals surface area contributed by atoms with Gasteiger partial charge in [-0.15, -0.1) is 0 Å². The van der Waals surface area contributed by atoms with Crippen LogP contribution in [0, 0.1) is 10.8 Å². The standard InChI is InChI=1S/C20H24F2N2/c1-19(2)13-10-12(21)11-14(22)17(13)24-16-9-7-6-8-15(16)23(5)18(24)20(19,3)4/h6-11,14,17-18H,1-5H3. The summed E-state index contributed by atoms with van der Waals surface area (Å²) in [5.41, 5.74) is 2.46. The zero-order valence-corrected chi connectivity index (χ0v) is 14.8. The Kier molecular flexibility index (Phi) is 3.02. The SMILES string of the molecule is CN1c2ccccc2N2C3C(=CC(F)=CC3F)C(C)(C)C(C)(C)C12. The Balaban J connectivity index is 1.98. The molecule has 1 saturated heterocycles. The van der Waals surface area contributed by atoms with E-state index in [1.807, 2.05) is 18.2 Å². The van der Waals surface area contributed by atoms with Gasteiger partial charge in [0.15, 0.2) is 0 Å². The molecular formula is C20H24F2N2. The van der Waals surface area contributed by atoms with Crippen molar-refractivity contribution < 1.29 is 8.78 Å². The molecular weight excluding hydrogens is 306 g/mol. The van der Waals surface area contributed by atoms with Crippen LogP contribution in [0.1, 0.15) is 27.7 Å². The molecule has 0 amide bonds. The van der Waals surface area contributed by atoms with E-state index >= 15 is 4.39 Å². The van der Waals surface area contributed by atoms with Gasteiger partial charge < -0.3 is 9.80 Å². The summed E-state index contributed by atoms with van der Waals surface area (Å²) < 4.78 is 29.0. The van der Waals surface area contributed by atoms with Gasteiger partial charge in [-0.25, -0.2) is 8.78 Å². The summed E-state index contributed by atoms with van der Waals surface area (Å²) in [6.07, 6.45) is 1.35. The number of hydrogen-bond acceptors (Lipinski definition) is 2. The number of para-hydroxylation sites is 2. The maximum atomic E-state index is 15.0. The summed E-state index contributed by atoms with van der Waals surface area (Å²) in [7, 11) is 2.07. The van der Waals surface area contributed by atoms with Crippen molar-refractivity contribution in [3.63, 3.8) is 0 Å². The number of allylic oxidation sites excluding steroid dienone is 2. The van der Waals surface area contributed by atoms with Crippen LogP contribution in [0.15, 0.2) is 47.8 Å². The third-order valence-electron chi connectivity index (χ3n) is 6.68. The van der Waals surface area contributed by atoms with Crippen LogP contribution in [0.25, 0.3) is 0 Å². The van der Waals surface area contributed by atoms with Crippen LogP contribution < -0.4 is 9.80 Å². The second-order valence-corrected chi connectivity index (χ2v) is 8.27. The Hall–Kier alpha value is -1.84. The number of fused-ring (bicyclic) bond motifs is 5. The first-order valence-electron chi connectivity index (χ1n) is 8.51. The van der Waals surface area contributed by atoms with E-state index in [4.69, 9.17) is 0 Å². The first kappa shape index (κ1) is 15.7. The highest BCUT2D eigenvalue weighted by Crippen LogP contribution is 2.61. The molecule has 0 N–H and O–H groups in total. The lowest BCUT2D eigenvalue weighted by molar-refractivity contribution is 0.0633. The highest BCUT2D eigenvalue weighted by Gasteiger charge is 2.61. The van der Waals surface area contributed by atoms with Crippen LogP contribution in [0.4, 0.5) is 20.2 Å². The minimum atomic E-state index is -1.34. The molecule has 0 spiro atoms. The maximum absolute atomic E-state index is 15.0. The van der Waals surface area contributed by atoms with Gasteiger partial charge in [-0.05, 0) is 35.3 Å². The number of nitrogens with zero attached hydrogens (tertiary/aromatic N) is 2. The molecule has 3 unspecified atom stereocenters. The van der Waals surface area contributed by atoms with Crippen molar-refractivity contribution in [1.82, 2.24) is 0 Å². The Labute approximate surface area is 142 Å². The Morgan fingerprint density at radius 1 is 1.04 bits per heavy atom. The number of piperidine rings is 1. The van der Waals surface area contributed by atoms with Crippen molar-refractivity contribution >= 4 is 11.4 Å². The predicted octanol–water partition coefficient (Wildman–Crippen LogP) is 4.84. The van der Waals surface area contributed by atoms with E-state index in [9.17, 15) is 4.39 Å². The molecule has 4 rings (SSSR count). The molecule has 2 heterocycles. The summed E-state index contributed by atoms with van der Waals surface area (Å²) >= 11 is 0. The minimum Gasteiger partial charge on any atom is -0.352 e. The highest BCUT2D eigenvalue weighted by molar-refractivity contribution is 5.80. The van der Waals surface area contributed by atoms with Crippen LogP contribution in [0.3, 0.4) is 0 Å². The fourth-order valence-corrected chi connectivity index (χ4v) is 4.81. The van der Waals surface area contributed by atoms with Crippen LogP contribution >= 0.6 is 0 Å². The molecule has 128 valence electrons. The smallest absolute Gasteiger partial charge is 0.146 e. The highest BCUT2D eigenvalue weighted by atomic mass is 19.1. The van der Waals surface area contributed by atoms with Crippen molar-refractivity contribution in [1.29, 1.82) is 0 Å². The van der Waals surface area contributed by atoms with Crippen LogP contribution in [-0.4, -0.2) is 25.4 Å². The third-order valence-corrected chi connectivity index (χ3v) is 6.68. The van der Waals surface area contributed by atoms with Gasteiger partial charge in [0.25, 0.3) is 0 Å². The largest absolute Gasteiger partial charge is 0.352 e. The lowest BCUT2D eigenvalue weighted by Gasteiger charge is -2.60. The van der Waals surface area contributed by atoms with Crippen molar-refractivity contribution in [3.8, 4) is 0 Å². The average molecular weight is 330 g/mol. The second kappa shape index (κ2) is 4.62. The van der Waals surface area contributed by atoms with Gasteiger partial charge in [-0.2, -0.15) is 0 Å². The molecule has 0 radical (unpaired) electrons. The van der Waals surface area contributed by atoms with Gasteiger partial charge in [-0.3, -0.25) is 0 Å². The number of hydrogen-bond donors (Lipinski definition) is 0. The lowest BCUT2D eigenvalue weighted by atomic mass is 9.56. The monoisotopic (exact) mass is 330 g/mol. The third kappa shape index (κ3) is 1.69. The Bertz CT molecular complexity index is 763. The van der Waals surface area contributed by atoms with Crippen molar-refractivity contribution in [2.45, 2.75) is 46.1 Å². The first-order chi connectivity index (χ1) is 11.2. The van der Waals surface area contributed by atoms with E-state index < -0.39 is 18.0 Å². The second-order valence-electron chi connectivity index (χ2n) is 8.27. The summed E-state index contributed by atoms with van der Waals surface area (Å²) in [4.78, 5) is 4.41. The molecule has 3 atom stereocenters. The Morgan fingerprint density at radius 3 is 2.33 bits per heavy atom. The molecule has 1 aromatic rings. The molecule has 4 heteroatoms. The number of alkyl halides is 1. The number of anilines is 2. The van der Waals surface area contributed by atoms with Crippen molar-refractivity contribution in [3.05, 3.63) is 47.8 Å². The van der Waals surface area contributed by atoms with Gasteiger partial charge in [0.1, 0.15) is 18.2 Å². The molecule has 3 aliphatic rings. The summed E-state index contributed by atoms with van der Waals surface area (Å²) in [5.74, 6) is -0.461. The van der Waals surface area contributed by atoms with E-state index in [0.717, 1.165) is 23.0 Å². The minimum absolute atomic E-state index is 0.0276. The zero-order chi connectivity index (χ0) is 17.4. The van der Waals surface area contributed by atoms with Gasteiger partial charge in [0.2, 0.25) is 0 Å². The molecule has 24 heavy (non-hydrogen) atoms. The number of rotatable bonds is 0. The number of halogens is 2. The summed E-state index contributed by atoms with van der Waals surface area (Å²) in [6.45, 7) is 8.64. The molecule has 0 aromatic heterocycles. The van der Waals surface area contributed by atoms with E-state index in [1.165, 1.54) is 0 Å². The molecule has 1 aromatic carbocycles. The first-order valence-corrected chi connectivity index (χ1v) is 8.51. The normalized spacial score (nSPS) is 32.5. The fourth-order valence-electron chi connectivity index (χ4n) is 4.81. The molecule has 0 saturated carbocycles. The topological polar surface area (TPSA) is 6.48 Å². The van der Waals surface area contributed by atoms with Crippen LogP contribution in [0.5, 0.6) is 0 Å². The molecule has 2 nitrogen and oxygen atoms in total. The van der Waals surface area contributed by atoms with Gasteiger partial charge in [0, 0.05) is 12.5 Å². The number of benzene rings is 1. The fraction of sp³-hybridized carbons (Fsp3) is 0.500. The van der Waals surface area contributed by atoms with E-state index in [-0.39, 0.29) is 17.0 Å². The molecule has 1 aliphatic carbocycles. The van der Waals surface area contributed by atoms with Gasteiger partial charge in [-0.1, -0.05) is 39.8 Å². The molecule has 2 aliphatic heterocycles. The predicted molar refractivity (Wildman–Crippen MR) is 94.6 cm³/mol. The summed E-state index contributed by atoms with van der Waals surface area (Å²) in [6, 6.07) is 7.66. The van der Waals surface area contributed by atoms with Crippen LogP contribution in [-0.2, 0) is 0 Å². The van der Waals surface area contributed by atoms with E-state index in [0.29, 0.717) is 0 Å². The van der Waals surface area contributed by atoms with Gasteiger partial charge in [0.05, 0.1) is 17.4 Å². The summed E-state index contributed by atoms with van der Waals surface area (Å²) in [5, 5.41) is 0. The van der Waals surface area contributed by atoms with Gasteiger partial charge >= 0.3 is 0 Å². The lowest BCUT2D eigenvalue weighted by Crippen LogP contribution is -2.67. The zero-order valence-electron chi connectivity index (χ0n) is 14.8. The van der Waals surface area contributed by atoms with E-state index in [2.05, 4.69) is 50.6 Å².